The molecule has 1 N–H and O–H groups in total. The van der Waals surface area contributed by atoms with Crippen LogP contribution in [0.4, 0.5) is 0 Å². The molecule has 2 heterocycles. The number of nitrogens with one attached hydrogen (secondary N) is 1. The van der Waals surface area contributed by atoms with Gasteiger partial charge in [-0.15, -0.1) is 0 Å². The van der Waals surface area contributed by atoms with Crippen LogP contribution < -0.4 is 10.1 Å². The van der Waals surface area contributed by atoms with E-state index >= 15 is 0 Å². The number of hydrogen-bond donors (Lipinski definition) is 1. The molecule has 0 spiro atoms. The quantitative estimate of drug-likeness (QED) is 0.887. The van der Waals surface area contributed by atoms with Crippen molar-refractivity contribution in [3.63, 3.8) is 0 Å². The van der Waals surface area contributed by atoms with Crippen LogP contribution in [0.3, 0.4) is 0 Å². The van der Waals surface area contributed by atoms with Crippen LogP contribution in [0.5, 0.6) is 5.75 Å². The minimum absolute atomic E-state index is 0.492. The van der Waals surface area contributed by atoms with Gasteiger partial charge in [-0.1, -0.05) is 0 Å². The van der Waals surface area contributed by atoms with E-state index in [-0.39, 0.29) is 0 Å². The van der Waals surface area contributed by atoms with E-state index in [1.807, 2.05) is 26.1 Å². The molecule has 1 fully saturated rings. The summed E-state index contributed by atoms with van der Waals surface area (Å²) in [5, 5.41) is 3.44. The van der Waals surface area contributed by atoms with E-state index in [1.165, 1.54) is 18.4 Å². The van der Waals surface area contributed by atoms with Crippen molar-refractivity contribution < 1.29 is 4.74 Å². The van der Waals surface area contributed by atoms with E-state index in [1.54, 1.807) is 7.11 Å². The molecule has 0 amide bonds. The van der Waals surface area contributed by atoms with Gasteiger partial charge in [0.15, 0.2) is 0 Å². The zero-order valence-electron chi connectivity index (χ0n) is 13.0. The molecular weight excluding hydrogens is 262 g/mol. The number of aromatic nitrogens is 2. The molecule has 1 saturated carbocycles. The normalized spacial score (nSPS) is 16.0. The standard InChI is InChI=1S/C17H23N3O/c1-12-8-16(21-3)9-15(19-12)11-20-7-6-14(10-20)17(18-2)13-4-5-13/h6-10,13,17-18H,4-5,11H2,1-3H3. The number of nitrogens with zero attached hydrogens (tertiary/aromatic N) is 2. The summed E-state index contributed by atoms with van der Waals surface area (Å²) in [7, 11) is 3.74. The number of rotatable bonds is 6. The third kappa shape index (κ3) is 3.27. The highest BCUT2D eigenvalue weighted by molar-refractivity contribution is 5.27. The summed E-state index contributed by atoms with van der Waals surface area (Å²) in [6, 6.07) is 6.66. The van der Waals surface area contributed by atoms with E-state index in [2.05, 4.69) is 33.3 Å². The van der Waals surface area contributed by atoms with Gasteiger partial charge in [-0.3, -0.25) is 4.98 Å². The highest BCUT2D eigenvalue weighted by Gasteiger charge is 2.31. The van der Waals surface area contributed by atoms with Crippen molar-refractivity contribution in [2.75, 3.05) is 14.2 Å². The third-order valence-corrected chi connectivity index (χ3v) is 4.10. The van der Waals surface area contributed by atoms with Gasteiger partial charge in [-0.25, -0.2) is 0 Å². The van der Waals surface area contributed by atoms with Crippen LogP contribution in [-0.4, -0.2) is 23.7 Å². The Labute approximate surface area is 126 Å². The highest BCUT2D eigenvalue weighted by Crippen LogP contribution is 2.40. The van der Waals surface area contributed by atoms with E-state index in [0.717, 1.165) is 29.6 Å². The lowest BCUT2D eigenvalue weighted by Crippen LogP contribution is -2.17. The molecule has 0 bridgehead atoms. The Morgan fingerprint density at radius 2 is 2.24 bits per heavy atom. The maximum atomic E-state index is 5.31. The molecule has 1 atom stereocenters. The van der Waals surface area contributed by atoms with Crippen LogP contribution >= 0.6 is 0 Å². The van der Waals surface area contributed by atoms with Gasteiger partial charge in [0, 0.05) is 36.3 Å². The Morgan fingerprint density at radius 3 is 2.90 bits per heavy atom. The second-order valence-electron chi connectivity index (χ2n) is 5.86. The van der Waals surface area contributed by atoms with Crippen molar-refractivity contribution in [2.45, 2.75) is 32.4 Å². The number of hydrogen-bond acceptors (Lipinski definition) is 3. The van der Waals surface area contributed by atoms with Gasteiger partial charge < -0.3 is 14.6 Å². The van der Waals surface area contributed by atoms with Gasteiger partial charge in [0.2, 0.25) is 0 Å². The molecule has 4 heteroatoms. The Morgan fingerprint density at radius 1 is 1.43 bits per heavy atom. The van der Waals surface area contributed by atoms with Crippen LogP contribution in [0, 0.1) is 12.8 Å². The Hall–Kier alpha value is -1.81. The summed E-state index contributed by atoms with van der Waals surface area (Å²) < 4.78 is 7.51. The predicted molar refractivity (Wildman–Crippen MR) is 83.6 cm³/mol. The molecule has 112 valence electrons. The second-order valence-corrected chi connectivity index (χ2v) is 5.86. The fraction of sp³-hybridized carbons (Fsp3) is 0.471. The van der Waals surface area contributed by atoms with Crippen LogP contribution in [0.25, 0.3) is 0 Å². The summed E-state index contributed by atoms with van der Waals surface area (Å²) in [5.74, 6) is 1.68. The average molecular weight is 285 g/mol. The fourth-order valence-corrected chi connectivity index (χ4v) is 2.93. The first kappa shape index (κ1) is 14.1. The number of aryl methyl sites for hydroxylation is 1. The van der Waals surface area contributed by atoms with Crippen LogP contribution in [0.15, 0.2) is 30.6 Å². The maximum absolute atomic E-state index is 5.31. The molecule has 0 saturated heterocycles. The van der Waals surface area contributed by atoms with E-state index < -0.39 is 0 Å². The molecule has 0 aromatic carbocycles. The fourth-order valence-electron chi connectivity index (χ4n) is 2.93. The van der Waals surface area contributed by atoms with Crippen LogP contribution in [-0.2, 0) is 6.54 Å². The lowest BCUT2D eigenvalue weighted by molar-refractivity contribution is 0.413. The predicted octanol–water partition coefficient (Wildman–Crippen LogP) is 2.92. The molecule has 1 unspecified atom stereocenters. The summed E-state index contributed by atoms with van der Waals surface area (Å²) in [6.45, 7) is 2.77. The summed E-state index contributed by atoms with van der Waals surface area (Å²) in [6.07, 6.45) is 7.05. The first-order chi connectivity index (χ1) is 10.2. The smallest absolute Gasteiger partial charge is 0.122 e. The molecule has 4 nitrogen and oxygen atoms in total. The summed E-state index contributed by atoms with van der Waals surface area (Å²) in [5.41, 5.74) is 3.39. The largest absolute Gasteiger partial charge is 0.497 e. The molecule has 1 aliphatic carbocycles. The van der Waals surface area contributed by atoms with Crippen molar-refractivity contribution in [3.05, 3.63) is 47.5 Å². The average Bonchev–Trinajstić information content (AvgIpc) is 3.19. The van der Waals surface area contributed by atoms with Crippen molar-refractivity contribution in [1.29, 1.82) is 0 Å². The Kier molecular flexibility index (Phi) is 3.97. The van der Waals surface area contributed by atoms with E-state index in [9.17, 15) is 0 Å². The molecule has 3 rings (SSSR count). The van der Waals surface area contributed by atoms with Crippen LogP contribution in [0.2, 0.25) is 0 Å². The Balaban J connectivity index is 1.76. The van der Waals surface area contributed by atoms with Crippen molar-refractivity contribution in [2.24, 2.45) is 5.92 Å². The maximum Gasteiger partial charge on any atom is 0.122 e. The lowest BCUT2D eigenvalue weighted by atomic mass is 10.1. The minimum Gasteiger partial charge on any atom is -0.497 e. The second kappa shape index (κ2) is 5.90. The Bertz CT molecular complexity index is 616. The van der Waals surface area contributed by atoms with E-state index in [0.29, 0.717) is 6.04 Å². The summed E-state index contributed by atoms with van der Waals surface area (Å²) in [4.78, 5) is 4.58. The molecule has 2 aromatic heterocycles. The number of ether oxygens (including phenoxy) is 1. The highest BCUT2D eigenvalue weighted by atomic mass is 16.5. The van der Waals surface area contributed by atoms with Crippen molar-refractivity contribution in [1.82, 2.24) is 14.9 Å². The van der Waals surface area contributed by atoms with Gasteiger partial charge in [-0.2, -0.15) is 0 Å². The van der Waals surface area contributed by atoms with Gasteiger partial charge in [0.25, 0.3) is 0 Å². The summed E-state index contributed by atoms with van der Waals surface area (Å²) >= 11 is 0. The monoisotopic (exact) mass is 285 g/mol. The van der Waals surface area contributed by atoms with E-state index in [4.69, 9.17) is 4.74 Å². The molecule has 21 heavy (non-hydrogen) atoms. The van der Waals surface area contributed by atoms with Crippen molar-refractivity contribution >= 4 is 0 Å². The number of methoxy groups -OCH3 is 1. The zero-order chi connectivity index (χ0) is 14.8. The van der Waals surface area contributed by atoms with Crippen molar-refractivity contribution in [3.8, 4) is 5.75 Å². The first-order valence-corrected chi connectivity index (χ1v) is 7.54. The lowest BCUT2D eigenvalue weighted by Gasteiger charge is -2.13. The zero-order valence-corrected chi connectivity index (χ0v) is 13.0. The molecule has 0 radical (unpaired) electrons. The molecular formula is C17H23N3O. The van der Waals surface area contributed by atoms with Gasteiger partial charge in [-0.05, 0) is 44.4 Å². The van der Waals surface area contributed by atoms with Gasteiger partial charge in [0.1, 0.15) is 5.75 Å². The topological polar surface area (TPSA) is 39.1 Å². The molecule has 0 aliphatic heterocycles. The number of pyridine rings is 1. The van der Waals surface area contributed by atoms with Gasteiger partial charge >= 0.3 is 0 Å². The third-order valence-electron chi connectivity index (χ3n) is 4.10. The molecule has 1 aliphatic rings. The minimum atomic E-state index is 0.492. The van der Waals surface area contributed by atoms with Crippen LogP contribution in [0.1, 0.15) is 35.8 Å². The van der Waals surface area contributed by atoms with Gasteiger partial charge in [0.05, 0.1) is 19.3 Å². The first-order valence-electron chi connectivity index (χ1n) is 7.54. The molecule has 2 aromatic rings. The SMILES string of the molecule is CNC(c1ccn(Cc2cc(OC)cc(C)n2)c1)C1CC1.